The number of nitrogens with one attached hydrogen (secondary N) is 1. The van der Waals surface area contributed by atoms with Crippen molar-refractivity contribution in [1.29, 1.82) is 0 Å². The number of aryl methyl sites for hydroxylation is 1. The Morgan fingerprint density at radius 1 is 0.720 bits per heavy atom. The van der Waals surface area contributed by atoms with Crippen molar-refractivity contribution in [3.8, 4) is 11.1 Å². The third-order valence-corrected chi connectivity index (χ3v) is 5.49. The van der Waals surface area contributed by atoms with Gasteiger partial charge in [0.2, 0.25) is 0 Å². The van der Waals surface area contributed by atoms with Crippen LogP contribution in [0, 0.1) is 6.92 Å². The van der Waals surface area contributed by atoms with E-state index in [9.17, 15) is 8.42 Å². The summed E-state index contributed by atoms with van der Waals surface area (Å²) in [6.45, 7) is 1.91. The maximum absolute atomic E-state index is 12.5. The minimum Gasteiger partial charge on any atom is -0.200 e. The highest BCUT2D eigenvalue weighted by Gasteiger charge is 2.24. The first kappa shape index (κ1) is 15.6. The Morgan fingerprint density at radius 3 is 1.72 bits per heavy atom. The van der Waals surface area contributed by atoms with Gasteiger partial charge < -0.3 is 0 Å². The first-order chi connectivity index (χ1) is 12.1. The maximum atomic E-state index is 12.5. The lowest BCUT2D eigenvalue weighted by Gasteiger charge is -2.06. The molecule has 0 aromatic heterocycles. The average Bonchev–Trinajstić information content (AvgIpc) is 2.94. The van der Waals surface area contributed by atoms with Crippen molar-refractivity contribution < 1.29 is 8.42 Å². The van der Waals surface area contributed by atoms with Gasteiger partial charge in [-0.1, -0.05) is 66.2 Å². The third kappa shape index (κ3) is 2.72. The largest absolute Gasteiger partial charge is 0.276 e. The van der Waals surface area contributed by atoms with Crippen molar-refractivity contribution in [2.24, 2.45) is 5.10 Å². The number of hydrogen-bond acceptors (Lipinski definition) is 3. The van der Waals surface area contributed by atoms with E-state index in [1.54, 1.807) is 24.3 Å². The van der Waals surface area contributed by atoms with Crippen LogP contribution in [0.4, 0.5) is 0 Å². The molecule has 3 aromatic rings. The number of hydrogen-bond donors (Lipinski definition) is 1. The van der Waals surface area contributed by atoms with Gasteiger partial charge in [-0.3, -0.25) is 0 Å². The van der Waals surface area contributed by atoms with Crippen molar-refractivity contribution in [2.45, 2.75) is 11.8 Å². The van der Waals surface area contributed by atoms with Gasteiger partial charge in [0.25, 0.3) is 10.0 Å². The smallest absolute Gasteiger partial charge is 0.200 e. The molecule has 0 spiro atoms. The zero-order valence-electron chi connectivity index (χ0n) is 13.6. The number of sulfonamides is 1. The Kier molecular flexibility index (Phi) is 3.66. The molecule has 124 valence electrons. The van der Waals surface area contributed by atoms with Crippen molar-refractivity contribution in [3.05, 3.63) is 89.5 Å². The average molecular weight is 348 g/mol. The molecule has 3 aromatic carbocycles. The Bertz CT molecular complexity index is 1040. The molecule has 0 saturated carbocycles. The monoisotopic (exact) mass is 348 g/mol. The zero-order chi connectivity index (χ0) is 17.4. The number of nitrogens with zero attached hydrogens (tertiary/aromatic N) is 1. The van der Waals surface area contributed by atoms with Crippen molar-refractivity contribution in [2.75, 3.05) is 0 Å². The van der Waals surface area contributed by atoms with Gasteiger partial charge in [0, 0.05) is 11.1 Å². The van der Waals surface area contributed by atoms with Gasteiger partial charge in [-0.15, -0.1) is 0 Å². The second kappa shape index (κ2) is 5.86. The number of benzene rings is 3. The highest BCUT2D eigenvalue weighted by Crippen LogP contribution is 2.36. The fourth-order valence-electron chi connectivity index (χ4n) is 2.99. The zero-order valence-corrected chi connectivity index (χ0v) is 14.4. The predicted octanol–water partition coefficient (Wildman–Crippen LogP) is 3.71. The van der Waals surface area contributed by atoms with Gasteiger partial charge in [-0.05, 0) is 30.2 Å². The van der Waals surface area contributed by atoms with Gasteiger partial charge >= 0.3 is 0 Å². The molecule has 0 aliphatic heterocycles. The van der Waals surface area contributed by atoms with Crippen LogP contribution in [0.3, 0.4) is 0 Å². The van der Waals surface area contributed by atoms with Crippen molar-refractivity contribution in [1.82, 2.24) is 4.83 Å². The molecule has 5 heteroatoms. The molecule has 0 radical (unpaired) electrons. The Balaban J connectivity index is 1.76. The molecule has 0 amide bonds. The molecule has 0 atom stereocenters. The molecule has 25 heavy (non-hydrogen) atoms. The van der Waals surface area contributed by atoms with Crippen LogP contribution < -0.4 is 4.83 Å². The molecule has 1 aliphatic carbocycles. The van der Waals surface area contributed by atoms with Crippen LogP contribution >= 0.6 is 0 Å². The summed E-state index contributed by atoms with van der Waals surface area (Å²) in [6, 6.07) is 22.4. The highest BCUT2D eigenvalue weighted by molar-refractivity contribution is 7.89. The molecule has 0 saturated heterocycles. The molecule has 1 N–H and O–H groups in total. The molecular formula is C20H16N2O2S. The molecule has 0 fully saturated rings. The SMILES string of the molecule is Cc1ccc(S(=O)(=O)NN=C2c3ccccc3-c3ccccc32)cc1. The van der Waals surface area contributed by atoms with Crippen molar-refractivity contribution in [3.63, 3.8) is 0 Å². The van der Waals surface area contributed by atoms with Crippen molar-refractivity contribution >= 4 is 15.7 Å². The van der Waals surface area contributed by atoms with E-state index in [0.29, 0.717) is 5.71 Å². The van der Waals surface area contributed by atoms with E-state index in [2.05, 4.69) is 9.93 Å². The van der Waals surface area contributed by atoms with Gasteiger partial charge in [-0.25, -0.2) is 0 Å². The summed E-state index contributed by atoms with van der Waals surface area (Å²) < 4.78 is 25.0. The summed E-state index contributed by atoms with van der Waals surface area (Å²) in [5, 5.41) is 4.26. The van der Waals surface area contributed by atoms with E-state index in [0.717, 1.165) is 27.8 Å². The lowest BCUT2D eigenvalue weighted by molar-refractivity contribution is 0.584. The maximum Gasteiger partial charge on any atom is 0.276 e. The topological polar surface area (TPSA) is 58.5 Å². The van der Waals surface area contributed by atoms with E-state index < -0.39 is 10.0 Å². The van der Waals surface area contributed by atoms with Gasteiger partial charge in [0.05, 0.1) is 10.6 Å². The first-order valence-electron chi connectivity index (χ1n) is 7.91. The molecule has 4 rings (SSSR count). The standard InChI is InChI=1S/C20H16N2O2S/c1-14-10-12-15(13-11-14)25(23,24)22-21-20-18-8-4-2-6-16(18)17-7-3-5-9-19(17)20/h2-13,22H,1H3. The minimum absolute atomic E-state index is 0.196. The minimum atomic E-state index is -3.71. The molecule has 0 unspecified atom stereocenters. The molecular weight excluding hydrogens is 332 g/mol. The number of rotatable bonds is 3. The fourth-order valence-corrected chi connectivity index (χ4v) is 3.80. The summed E-state index contributed by atoms with van der Waals surface area (Å²) in [4.78, 5) is 2.57. The molecule has 1 aliphatic rings. The van der Waals surface area contributed by atoms with Crippen LogP contribution in [0.2, 0.25) is 0 Å². The Morgan fingerprint density at radius 2 is 1.20 bits per heavy atom. The van der Waals surface area contributed by atoms with Crippen LogP contribution in [-0.2, 0) is 10.0 Å². The Hall–Kier alpha value is -2.92. The molecule has 0 bridgehead atoms. The number of hydrazone groups is 1. The van der Waals surface area contributed by atoms with Gasteiger partial charge in [0.1, 0.15) is 0 Å². The predicted molar refractivity (Wildman–Crippen MR) is 99.0 cm³/mol. The van der Waals surface area contributed by atoms with Crippen LogP contribution in [0.25, 0.3) is 11.1 Å². The van der Waals surface area contributed by atoms with Crippen LogP contribution in [0.5, 0.6) is 0 Å². The van der Waals surface area contributed by atoms with Crippen LogP contribution in [0.1, 0.15) is 16.7 Å². The van der Waals surface area contributed by atoms with Crippen LogP contribution in [0.15, 0.2) is 82.8 Å². The van der Waals surface area contributed by atoms with Gasteiger partial charge in [-0.2, -0.15) is 18.4 Å². The summed E-state index contributed by atoms with van der Waals surface area (Å²) in [5.41, 5.74) is 5.62. The van der Waals surface area contributed by atoms with Crippen LogP contribution in [-0.4, -0.2) is 14.1 Å². The lowest BCUT2D eigenvalue weighted by Crippen LogP contribution is -2.20. The van der Waals surface area contributed by atoms with E-state index in [1.807, 2.05) is 55.5 Å². The van der Waals surface area contributed by atoms with E-state index in [-0.39, 0.29) is 4.90 Å². The highest BCUT2D eigenvalue weighted by atomic mass is 32.2. The van der Waals surface area contributed by atoms with E-state index >= 15 is 0 Å². The molecule has 4 nitrogen and oxygen atoms in total. The molecule has 0 heterocycles. The van der Waals surface area contributed by atoms with Gasteiger partial charge in [0.15, 0.2) is 0 Å². The third-order valence-electron chi connectivity index (χ3n) is 4.26. The first-order valence-corrected chi connectivity index (χ1v) is 9.40. The second-order valence-electron chi connectivity index (χ2n) is 5.96. The summed E-state index contributed by atoms with van der Waals surface area (Å²) in [5.74, 6) is 0. The summed E-state index contributed by atoms with van der Waals surface area (Å²) >= 11 is 0. The van der Waals surface area contributed by atoms with E-state index in [1.165, 1.54) is 0 Å². The normalized spacial score (nSPS) is 12.4. The lowest BCUT2D eigenvalue weighted by atomic mass is 10.1. The van der Waals surface area contributed by atoms with E-state index in [4.69, 9.17) is 0 Å². The summed E-state index contributed by atoms with van der Waals surface area (Å²) in [7, 11) is -3.71. The summed E-state index contributed by atoms with van der Waals surface area (Å²) in [6.07, 6.45) is 0. The fraction of sp³-hybridized carbons (Fsp3) is 0.0500. The number of fused-ring (bicyclic) bond motifs is 3. The Labute approximate surface area is 146 Å². The second-order valence-corrected chi connectivity index (χ2v) is 7.62. The quantitative estimate of drug-likeness (QED) is 0.574.